The number of hydrogen-bond donors (Lipinski definition) is 1. The Morgan fingerprint density at radius 3 is 2.63 bits per heavy atom. The van der Waals surface area contributed by atoms with Gasteiger partial charge in [0.15, 0.2) is 0 Å². The van der Waals surface area contributed by atoms with Crippen molar-refractivity contribution in [2.45, 2.75) is 32.5 Å². The van der Waals surface area contributed by atoms with E-state index in [1.807, 2.05) is 55.5 Å². The van der Waals surface area contributed by atoms with Gasteiger partial charge < -0.3 is 24.4 Å². The average molecular weight is 510 g/mol. The van der Waals surface area contributed by atoms with Gasteiger partial charge in [-0.05, 0) is 56.6 Å². The summed E-state index contributed by atoms with van der Waals surface area (Å²) in [5.74, 6) is 2.83. The van der Waals surface area contributed by atoms with Crippen LogP contribution in [-0.4, -0.2) is 48.2 Å². The number of aromatic nitrogens is 2. The predicted octanol–water partition coefficient (Wildman–Crippen LogP) is 5.61. The number of anilines is 2. The first kappa shape index (κ1) is 25.3. The molecule has 194 valence electrons. The molecule has 0 radical (unpaired) electrons. The summed E-state index contributed by atoms with van der Waals surface area (Å²) in [4.78, 5) is 11.4. The summed E-state index contributed by atoms with van der Waals surface area (Å²) in [7, 11) is 3.78. The van der Waals surface area contributed by atoms with E-state index in [1.54, 1.807) is 19.5 Å². The fourth-order valence-electron chi connectivity index (χ4n) is 4.65. The third-order valence-corrected chi connectivity index (χ3v) is 6.83. The normalized spacial score (nSPS) is 14.2. The number of nitriles is 1. The Balaban J connectivity index is 1.39. The van der Waals surface area contributed by atoms with Gasteiger partial charge in [0.2, 0.25) is 0 Å². The van der Waals surface area contributed by atoms with Crippen LogP contribution in [0.15, 0.2) is 60.9 Å². The number of methoxy groups -OCH3 is 1. The van der Waals surface area contributed by atoms with Crippen LogP contribution in [0.3, 0.4) is 0 Å². The average Bonchev–Trinajstić information content (AvgIpc) is 2.94. The zero-order valence-electron chi connectivity index (χ0n) is 21.9. The van der Waals surface area contributed by atoms with Gasteiger partial charge in [-0.1, -0.05) is 18.2 Å². The standard InChI is InChI=1S/C30H31N5O3/c1-20-14-23(8-9-27(20)37-18-22-7-5-4-6-21(22)17-31)34-30-29-26(32-19-33-30)15-25(36-3)16-28(29)38-24-10-12-35(2)13-11-24/h4-9,14-16,19,24H,10-13,18H2,1-3H3,(H,32,33,34). The summed E-state index contributed by atoms with van der Waals surface area (Å²) in [6.45, 7) is 4.33. The molecular formula is C30H31N5O3. The van der Waals surface area contributed by atoms with Crippen molar-refractivity contribution in [3.63, 3.8) is 0 Å². The Labute approximate surface area is 222 Å². The molecule has 5 rings (SSSR count). The molecule has 0 atom stereocenters. The number of nitrogens with zero attached hydrogens (tertiary/aromatic N) is 4. The first-order valence-electron chi connectivity index (χ1n) is 12.7. The van der Waals surface area contributed by atoms with Gasteiger partial charge in [-0.25, -0.2) is 9.97 Å². The lowest BCUT2D eigenvalue weighted by Gasteiger charge is -2.29. The summed E-state index contributed by atoms with van der Waals surface area (Å²) in [6, 6.07) is 19.4. The van der Waals surface area contributed by atoms with Crippen molar-refractivity contribution in [1.29, 1.82) is 5.26 Å². The topological polar surface area (TPSA) is 92.5 Å². The molecule has 1 aromatic heterocycles. The maximum Gasteiger partial charge on any atom is 0.145 e. The summed E-state index contributed by atoms with van der Waals surface area (Å²) in [6.07, 6.45) is 3.59. The third kappa shape index (κ3) is 5.63. The Kier molecular flexibility index (Phi) is 7.57. The van der Waals surface area contributed by atoms with E-state index in [4.69, 9.17) is 14.2 Å². The van der Waals surface area contributed by atoms with Crippen molar-refractivity contribution >= 4 is 22.4 Å². The van der Waals surface area contributed by atoms with Crippen LogP contribution < -0.4 is 19.5 Å². The van der Waals surface area contributed by atoms with E-state index in [9.17, 15) is 5.26 Å². The van der Waals surface area contributed by atoms with Gasteiger partial charge in [-0.15, -0.1) is 0 Å². The maximum absolute atomic E-state index is 9.33. The first-order valence-corrected chi connectivity index (χ1v) is 12.7. The van der Waals surface area contributed by atoms with Crippen LogP contribution in [0.2, 0.25) is 0 Å². The molecule has 38 heavy (non-hydrogen) atoms. The second-order valence-corrected chi connectivity index (χ2v) is 9.53. The summed E-state index contributed by atoms with van der Waals surface area (Å²) < 4.78 is 18.1. The molecule has 8 nitrogen and oxygen atoms in total. The molecule has 0 saturated carbocycles. The molecule has 0 amide bonds. The molecule has 0 unspecified atom stereocenters. The zero-order chi connectivity index (χ0) is 26.5. The highest BCUT2D eigenvalue weighted by atomic mass is 16.5. The van der Waals surface area contributed by atoms with Crippen LogP contribution in [0.25, 0.3) is 10.9 Å². The van der Waals surface area contributed by atoms with E-state index in [-0.39, 0.29) is 6.10 Å². The second kappa shape index (κ2) is 11.4. The van der Waals surface area contributed by atoms with Gasteiger partial charge in [0.25, 0.3) is 0 Å². The molecule has 0 bridgehead atoms. The largest absolute Gasteiger partial charge is 0.497 e. The lowest BCUT2D eigenvalue weighted by atomic mass is 10.1. The van der Waals surface area contributed by atoms with Crippen molar-refractivity contribution < 1.29 is 14.2 Å². The number of piperidine rings is 1. The molecule has 1 N–H and O–H groups in total. The Hall–Kier alpha value is -4.35. The van der Waals surface area contributed by atoms with Gasteiger partial charge in [-0.3, -0.25) is 0 Å². The molecule has 1 saturated heterocycles. The summed E-state index contributed by atoms with van der Waals surface area (Å²) in [5.41, 5.74) is 4.06. The predicted molar refractivity (Wildman–Crippen MR) is 147 cm³/mol. The Morgan fingerprint density at radius 2 is 1.87 bits per heavy atom. The molecule has 0 spiro atoms. The Bertz CT molecular complexity index is 1470. The molecule has 1 fully saturated rings. The van der Waals surface area contributed by atoms with Crippen LogP contribution in [0, 0.1) is 18.3 Å². The van der Waals surface area contributed by atoms with Crippen LogP contribution in [-0.2, 0) is 6.61 Å². The van der Waals surface area contributed by atoms with Crippen molar-refractivity contribution in [1.82, 2.24) is 14.9 Å². The highest BCUT2D eigenvalue weighted by Gasteiger charge is 2.21. The number of hydrogen-bond acceptors (Lipinski definition) is 8. The quantitative estimate of drug-likeness (QED) is 0.327. The van der Waals surface area contributed by atoms with E-state index in [1.165, 1.54) is 0 Å². The summed E-state index contributed by atoms with van der Waals surface area (Å²) >= 11 is 0. The van der Waals surface area contributed by atoms with Gasteiger partial charge in [0.05, 0.1) is 29.6 Å². The van der Waals surface area contributed by atoms with Gasteiger partial charge in [-0.2, -0.15) is 5.26 Å². The van der Waals surface area contributed by atoms with E-state index >= 15 is 0 Å². The van der Waals surface area contributed by atoms with E-state index < -0.39 is 0 Å². The van der Waals surface area contributed by atoms with Crippen molar-refractivity contribution in [2.75, 3.05) is 32.6 Å². The van der Waals surface area contributed by atoms with Crippen molar-refractivity contribution in [2.24, 2.45) is 0 Å². The van der Waals surface area contributed by atoms with E-state index in [2.05, 4.69) is 33.3 Å². The molecule has 2 heterocycles. The SMILES string of the molecule is COc1cc(OC2CCN(C)CC2)c2c(Nc3ccc(OCc4ccccc4C#N)c(C)c3)ncnc2c1. The number of fused-ring (bicyclic) bond motifs is 1. The molecule has 4 aromatic rings. The molecule has 1 aliphatic heterocycles. The van der Waals surface area contributed by atoms with Crippen LogP contribution in [0.4, 0.5) is 11.5 Å². The minimum absolute atomic E-state index is 0.124. The highest BCUT2D eigenvalue weighted by Crippen LogP contribution is 2.37. The fourth-order valence-corrected chi connectivity index (χ4v) is 4.65. The van der Waals surface area contributed by atoms with Gasteiger partial charge in [0.1, 0.15) is 42.1 Å². The van der Waals surface area contributed by atoms with Gasteiger partial charge >= 0.3 is 0 Å². The maximum atomic E-state index is 9.33. The summed E-state index contributed by atoms with van der Waals surface area (Å²) in [5, 5.41) is 13.6. The van der Waals surface area contributed by atoms with Crippen molar-refractivity contribution in [3.05, 3.63) is 77.6 Å². The molecule has 0 aliphatic carbocycles. The number of benzene rings is 3. The second-order valence-electron chi connectivity index (χ2n) is 9.53. The van der Waals surface area contributed by atoms with E-state index in [0.29, 0.717) is 29.5 Å². The third-order valence-electron chi connectivity index (χ3n) is 6.83. The zero-order valence-corrected chi connectivity index (χ0v) is 21.9. The lowest BCUT2D eigenvalue weighted by molar-refractivity contribution is 0.115. The first-order chi connectivity index (χ1) is 18.5. The monoisotopic (exact) mass is 509 g/mol. The minimum Gasteiger partial charge on any atom is -0.497 e. The molecule has 3 aromatic carbocycles. The Morgan fingerprint density at radius 1 is 1.05 bits per heavy atom. The van der Waals surface area contributed by atoms with Crippen LogP contribution in [0.5, 0.6) is 17.2 Å². The fraction of sp³-hybridized carbons (Fsp3) is 0.300. The molecule has 8 heteroatoms. The number of likely N-dealkylation sites (tertiary alicyclic amines) is 1. The minimum atomic E-state index is 0.124. The number of nitrogens with one attached hydrogen (secondary N) is 1. The number of ether oxygens (including phenoxy) is 3. The van der Waals surface area contributed by atoms with E-state index in [0.717, 1.165) is 59.4 Å². The number of aryl methyl sites for hydroxylation is 1. The molecule has 1 aliphatic rings. The molecular weight excluding hydrogens is 478 g/mol. The van der Waals surface area contributed by atoms with Crippen LogP contribution >= 0.6 is 0 Å². The van der Waals surface area contributed by atoms with Crippen LogP contribution in [0.1, 0.15) is 29.5 Å². The van der Waals surface area contributed by atoms with Gasteiger partial charge in [0, 0.05) is 36.5 Å². The highest BCUT2D eigenvalue weighted by molar-refractivity contribution is 5.96. The smallest absolute Gasteiger partial charge is 0.145 e. The number of rotatable bonds is 8. The van der Waals surface area contributed by atoms with Crippen molar-refractivity contribution in [3.8, 4) is 23.3 Å². The lowest BCUT2D eigenvalue weighted by Crippen LogP contribution is -2.35.